The molecule has 15 heavy (non-hydrogen) atoms. The maximum Gasteiger partial charge on any atom is 0.148 e. The maximum absolute atomic E-state index is 5.55. The highest BCUT2D eigenvalue weighted by atomic mass is 79.9. The second-order valence-electron chi connectivity index (χ2n) is 2.77. The second-order valence-corrected chi connectivity index (χ2v) is 4.73. The van der Waals surface area contributed by atoms with Gasteiger partial charge in [-0.25, -0.2) is 0 Å². The zero-order valence-electron chi connectivity index (χ0n) is 7.84. The van der Waals surface area contributed by atoms with Crippen LogP contribution in [0.15, 0.2) is 32.7 Å². The third kappa shape index (κ3) is 3.79. The van der Waals surface area contributed by atoms with Gasteiger partial charge in [-0.1, -0.05) is 11.6 Å². The summed E-state index contributed by atoms with van der Waals surface area (Å²) >= 11 is 12.2. The Balaban J connectivity index is 2.88. The van der Waals surface area contributed by atoms with E-state index in [1.165, 1.54) is 5.54 Å². The van der Waals surface area contributed by atoms with Crippen LogP contribution in [-0.2, 0) is 6.54 Å². The van der Waals surface area contributed by atoms with Gasteiger partial charge in [0.15, 0.2) is 0 Å². The zero-order chi connectivity index (χ0) is 11.3. The molecule has 0 spiro atoms. The first kappa shape index (κ1) is 13.0. The Morgan fingerprint density at radius 3 is 2.40 bits per heavy atom. The summed E-state index contributed by atoms with van der Waals surface area (Å²) in [6.07, 6.45) is 1.72. The molecule has 0 amide bonds. The van der Waals surface area contributed by atoms with Crippen LogP contribution < -0.4 is 10.5 Å². The molecule has 0 bridgehead atoms. The van der Waals surface area contributed by atoms with Crippen molar-refractivity contribution in [3.05, 3.63) is 38.3 Å². The van der Waals surface area contributed by atoms with E-state index < -0.39 is 0 Å². The van der Waals surface area contributed by atoms with Gasteiger partial charge in [0, 0.05) is 12.1 Å². The van der Waals surface area contributed by atoms with Crippen molar-refractivity contribution in [2.75, 3.05) is 6.61 Å². The van der Waals surface area contributed by atoms with Crippen LogP contribution >= 0.6 is 43.5 Å². The van der Waals surface area contributed by atoms with E-state index in [1.807, 2.05) is 12.1 Å². The normalized spacial score (nSPS) is 10.9. The van der Waals surface area contributed by atoms with Gasteiger partial charge in [0.2, 0.25) is 0 Å². The van der Waals surface area contributed by atoms with Crippen LogP contribution in [0.25, 0.3) is 0 Å². The molecule has 0 unspecified atom stereocenters. The number of nitrogens with two attached hydrogens (primary N) is 1. The fourth-order valence-electron chi connectivity index (χ4n) is 1.04. The van der Waals surface area contributed by atoms with Gasteiger partial charge in [-0.05, 0) is 55.6 Å². The largest absolute Gasteiger partial charge is 0.487 e. The van der Waals surface area contributed by atoms with E-state index in [0.29, 0.717) is 13.2 Å². The molecular formula is C10H10Br2ClNO. The molecular weight excluding hydrogens is 345 g/mol. The molecule has 2 nitrogen and oxygen atoms in total. The van der Waals surface area contributed by atoms with Gasteiger partial charge < -0.3 is 10.5 Å². The molecule has 1 aromatic carbocycles. The number of hydrogen-bond donors (Lipinski definition) is 1. The molecule has 5 heteroatoms. The average molecular weight is 355 g/mol. The van der Waals surface area contributed by atoms with E-state index in [0.717, 1.165) is 20.3 Å². The predicted molar refractivity (Wildman–Crippen MR) is 70.2 cm³/mol. The molecule has 0 atom stereocenters. The van der Waals surface area contributed by atoms with E-state index in [9.17, 15) is 0 Å². The molecule has 0 aliphatic carbocycles. The SMILES string of the molecule is NCc1cc(Br)c(OC/C=C/Cl)c(Br)c1. The van der Waals surface area contributed by atoms with Gasteiger partial charge in [-0.3, -0.25) is 0 Å². The Labute approximate surface area is 111 Å². The first-order valence-electron chi connectivity index (χ1n) is 4.25. The lowest BCUT2D eigenvalue weighted by molar-refractivity contribution is 0.358. The number of rotatable bonds is 4. The van der Waals surface area contributed by atoms with Crippen molar-refractivity contribution in [3.8, 4) is 5.75 Å². The summed E-state index contributed by atoms with van der Waals surface area (Å²) in [6.45, 7) is 0.932. The third-order valence-electron chi connectivity index (χ3n) is 1.71. The molecule has 0 radical (unpaired) electrons. The van der Waals surface area contributed by atoms with Gasteiger partial charge >= 0.3 is 0 Å². The highest BCUT2D eigenvalue weighted by Crippen LogP contribution is 2.34. The molecule has 0 aliphatic heterocycles. The number of ether oxygens (including phenoxy) is 1. The van der Waals surface area contributed by atoms with E-state index in [4.69, 9.17) is 22.1 Å². The van der Waals surface area contributed by atoms with Crippen molar-refractivity contribution < 1.29 is 4.74 Å². The average Bonchev–Trinajstić information content (AvgIpc) is 2.22. The number of halogens is 3. The quantitative estimate of drug-likeness (QED) is 0.892. The zero-order valence-corrected chi connectivity index (χ0v) is 11.8. The Morgan fingerprint density at radius 2 is 1.93 bits per heavy atom. The summed E-state index contributed by atoms with van der Waals surface area (Å²) in [5.74, 6) is 0.752. The first-order valence-corrected chi connectivity index (χ1v) is 6.27. The highest BCUT2D eigenvalue weighted by Gasteiger charge is 2.07. The van der Waals surface area contributed by atoms with Crippen LogP contribution in [0.4, 0.5) is 0 Å². The minimum Gasteiger partial charge on any atom is -0.487 e. The Hall–Kier alpha value is -0.0300. The number of benzene rings is 1. The summed E-state index contributed by atoms with van der Waals surface area (Å²) in [6, 6.07) is 3.87. The Kier molecular flexibility index (Phi) is 5.68. The lowest BCUT2D eigenvalue weighted by Crippen LogP contribution is -1.99. The van der Waals surface area contributed by atoms with E-state index in [-0.39, 0.29) is 0 Å². The molecule has 0 heterocycles. The van der Waals surface area contributed by atoms with Crippen LogP contribution in [0.1, 0.15) is 5.56 Å². The fourth-order valence-corrected chi connectivity index (χ4v) is 2.62. The molecule has 1 aromatic rings. The Morgan fingerprint density at radius 1 is 1.33 bits per heavy atom. The Bertz CT molecular complexity index is 345. The van der Waals surface area contributed by atoms with Crippen molar-refractivity contribution in [3.63, 3.8) is 0 Å². The summed E-state index contributed by atoms with van der Waals surface area (Å²) in [5, 5.41) is 0. The summed E-state index contributed by atoms with van der Waals surface area (Å²) in [4.78, 5) is 0. The van der Waals surface area contributed by atoms with Crippen LogP contribution in [-0.4, -0.2) is 6.61 Å². The van der Waals surface area contributed by atoms with Crippen molar-refractivity contribution in [2.45, 2.75) is 6.54 Å². The second kappa shape index (κ2) is 6.53. The molecule has 0 saturated carbocycles. The summed E-state index contributed by atoms with van der Waals surface area (Å²) < 4.78 is 7.25. The number of hydrogen-bond acceptors (Lipinski definition) is 2. The van der Waals surface area contributed by atoms with Gasteiger partial charge in [-0.15, -0.1) is 0 Å². The molecule has 0 fully saturated rings. The summed E-state index contributed by atoms with van der Waals surface area (Å²) in [7, 11) is 0. The van der Waals surface area contributed by atoms with Crippen molar-refractivity contribution >= 4 is 43.5 Å². The van der Waals surface area contributed by atoms with Crippen LogP contribution in [0.3, 0.4) is 0 Å². The van der Waals surface area contributed by atoms with Crippen molar-refractivity contribution in [2.24, 2.45) is 5.73 Å². The molecule has 0 aliphatic rings. The van der Waals surface area contributed by atoms with Crippen molar-refractivity contribution in [1.29, 1.82) is 0 Å². The maximum atomic E-state index is 5.55. The molecule has 0 aromatic heterocycles. The van der Waals surface area contributed by atoms with Gasteiger partial charge in [0.25, 0.3) is 0 Å². The molecule has 1 rings (SSSR count). The monoisotopic (exact) mass is 353 g/mol. The van der Waals surface area contributed by atoms with E-state index in [1.54, 1.807) is 6.08 Å². The molecule has 0 saturated heterocycles. The smallest absolute Gasteiger partial charge is 0.148 e. The minimum atomic E-state index is 0.433. The van der Waals surface area contributed by atoms with Gasteiger partial charge in [0.1, 0.15) is 12.4 Å². The lowest BCUT2D eigenvalue weighted by Gasteiger charge is -2.10. The van der Waals surface area contributed by atoms with Crippen LogP contribution in [0.5, 0.6) is 5.75 Å². The van der Waals surface area contributed by atoms with Crippen LogP contribution in [0.2, 0.25) is 0 Å². The molecule has 2 N–H and O–H groups in total. The molecule has 82 valence electrons. The van der Waals surface area contributed by atoms with Gasteiger partial charge in [-0.2, -0.15) is 0 Å². The van der Waals surface area contributed by atoms with E-state index in [2.05, 4.69) is 31.9 Å². The fraction of sp³-hybridized carbons (Fsp3) is 0.200. The summed E-state index contributed by atoms with van der Waals surface area (Å²) in [5.41, 5.74) is 8.01. The van der Waals surface area contributed by atoms with E-state index >= 15 is 0 Å². The third-order valence-corrected chi connectivity index (χ3v) is 3.06. The first-order chi connectivity index (χ1) is 7.19. The van der Waals surface area contributed by atoms with Crippen molar-refractivity contribution in [1.82, 2.24) is 0 Å². The van der Waals surface area contributed by atoms with Gasteiger partial charge in [0.05, 0.1) is 8.95 Å². The predicted octanol–water partition coefficient (Wildman–Crippen LogP) is 3.80. The van der Waals surface area contributed by atoms with Crippen LogP contribution in [0, 0.1) is 0 Å². The standard InChI is InChI=1S/C10H10Br2ClNO/c11-8-4-7(6-14)5-9(12)10(8)15-3-1-2-13/h1-2,4-5H,3,6,14H2/b2-1+. The lowest BCUT2D eigenvalue weighted by atomic mass is 10.2. The topological polar surface area (TPSA) is 35.2 Å². The minimum absolute atomic E-state index is 0.433. The highest BCUT2D eigenvalue weighted by molar-refractivity contribution is 9.11.